The van der Waals surface area contributed by atoms with Crippen molar-refractivity contribution in [1.29, 1.82) is 0 Å². The van der Waals surface area contributed by atoms with Crippen molar-refractivity contribution in [3.05, 3.63) is 0 Å². The van der Waals surface area contributed by atoms with Crippen molar-refractivity contribution in [2.45, 2.75) is 0 Å². The summed E-state index contributed by atoms with van der Waals surface area (Å²) in [4.78, 5) is 9.28. The van der Waals surface area contributed by atoms with Gasteiger partial charge in [-0.2, -0.15) is 0 Å². The molecule has 0 aliphatic rings. The molecule has 0 spiro atoms. The maximum absolute atomic E-state index is 9.28. The number of rotatable bonds is 0. The molecule has 0 aromatic carbocycles. The second-order valence-electron chi connectivity index (χ2n) is 0.508. The molecule has 0 saturated carbocycles. The molecule has 1 N–H and O–H groups in total. The summed E-state index contributed by atoms with van der Waals surface area (Å²) in [7, 11) is -0.576. The number of carboxylic acid groups (broad SMARTS) is 1. The molecule has 0 aliphatic carbocycles. The van der Waals surface area contributed by atoms with Crippen molar-refractivity contribution in [1.82, 2.24) is 0 Å². The standard InChI is InChI=1S/C2HO3P/c3-2(4)1-6-5/h(H,3,4). The van der Waals surface area contributed by atoms with E-state index in [-0.39, 0.29) is 0 Å². The van der Waals surface area contributed by atoms with E-state index in [1.165, 1.54) is 0 Å². The van der Waals surface area contributed by atoms with Gasteiger partial charge in [-0.15, -0.1) is 0 Å². The van der Waals surface area contributed by atoms with Crippen LogP contribution in [0, 0.1) is 5.63 Å². The number of aliphatic carboxylic acids is 1. The molecule has 0 bridgehead atoms. The Kier molecular flexibility index (Phi) is 2.47. The van der Waals surface area contributed by atoms with Crippen LogP contribution >= 0.6 is 7.92 Å². The summed E-state index contributed by atoms with van der Waals surface area (Å²) < 4.78 is 9.22. The molecular formula is C2HO3P. The molecule has 4 heteroatoms. The summed E-state index contributed by atoms with van der Waals surface area (Å²) in [6, 6.07) is 0. The molecule has 0 aliphatic heterocycles. The van der Waals surface area contributed by atoms with E-state index in [2.05, 4.69) is 0 Å². The molecule has 0 aromatic heterocycles. The fourth-order valence-electron chi connectivity index (χ4n) is 0.0390. The Morgan fingerprint density at radius 1 is 1.83 bits per heavy atom. The zero-order chi connectivity index (χ0) is 4.99. The van der Waals surface area contributed by atoms with Crippen LogP contribution in [0.25, 0.3) is 0 Å². The molecule has 0 unspecified atom stereocenters. The Hall–Kier alpha value is -0.520. The van der Waals surface area contributed by atoms with Crippen molar-refractivity contribution in [2.24, 2.45) is 0 Å². The molecule has 0 radical (unpaired) electrons. The summed E-state index contributed by atoms with van der Waals surface area (Å²) in [5.41, 5.74) is 1.54. The number of hydrogen-bond donors (Lipinski definition) is 1. The van der Waals surface area contributed by atoms with Gasteiger partial charge in [-0.05, 0) is 0 Å². The Labute approximate surface area is 35.1 Å². The van der Waals surface area contributed by atoms with Gasteiger partial charge in [0.15, 0.2) is 0 Å². The Morgan fingerprint density at radius 2 is 2.33 bits per heavy atom. The molecule has 32 valence electrons. The summed E-state index contributed by atoms with van der Waals surface area (Å²) in [6.07, 6.45) is 0. The SMILES string of the molecule is O=P#CC(=O)O. The normalized spacial score (nSPS) is 6.00. The Bertz CT molecular complexity index is 141. The molecule has 3 nitrogen and oxygen atoms in total. The zero-order valence-corrected chi connectivity index (χ0v) is 3.61. The molecule has 0 saturated heterocycles. The van der Waals surface area contributed by atoms with Gasteiger partial charge in [0.05, 0.1) is 0 Å². The van der Waals surface area contributed by atoms with E-state index in [0.717, 1.165) is 0 Å². The topological polar surface area (TPSA) is 54.4 Å². The fourth-order valence-corrected chi connectivity index (χ4v) is 0.117. The number of carboxylic acids is 1. The van der Waals surface area contributed by atoms with Crippen LogP contribution < -0.4 is 0 Å². The van der Waals surface area contributed by atoms with E-state index in [1.807, 2.05) is 0 Å². The summed E-state index contributed by atoms with van der Waals surface area (Å²) in [5.74, 6) is -1.29. The van der Waals surface area contributed by atoms with Crippen LogP contribution in [-0.4, -0.2) is 11.1 Å². The monoisotopic (exact) mass is 104 g/mol. The van der Waals surface area contributed by atoms with Gasteiger partial charge in [0.2, 0.25) is 0 Å². The summed E-state index contributed by atoms with van der Waals surface area (Å²) in [5, 5.41) is 7.60. The van der Waals surface area contributed by atoms with E-state index in [0.29, 0.717) is 0 Å². The quantitative estimate of drug-likeness (QED) is 0.450. The van der Waals surface area contributed by atoms with Gasteiger partial charge in [0, 0.05) is 0 Å². The van der Waals surface area contributed by atoms with Crippen molar-refractivity contribution < 1.29 is 14.5 Å². The molecule has 0 aromatic rings. The average Bonchev–Trinajstić information content (AvgIpc) is 1.35. The Morgan fingerprint density at radius 3 is 2.33 bits per heavy atom. The van der Waals surface area contributed by atoms with Gasteiger partial charge in [-0.25, -0.2) is 0 Å². The third-order valence-corrected chi connectivity index (χ3v) is 0.424. The van der Waals surface area contributed by atoms with Gasteiger partial charge in [0.25, 0.3) is 0 Å². The predicted octanol–water partition coefficient (Wildman–Crippen LogP) is 0.322. The summed E-state index contributed by atoms with van der Waals surface area (Å²) in [6.45, 7) is 0. The van der Waals surface area contributed by atoms with E-state index < -0.39 is 13.9 Å². The van der Waals surface area contributed by atoms with Crippen LogP contribution in [0.5, 0.6) is 0 Å². The first-order valence-corrected chi connectivity index (χ1v) is 1.90. The van der Waals surface area contributed by atoms with Crippen LogP contribution in [0.2, 0.25) is 0 Å². The summed E-state index contributed by atoms with van der Waals surface area (Å²) >= 11 is 0. The first-order chi connectivity index (χ1) is 2.77. The van der Waals surface area contributed by atoms with Crippen LogP contribution in [0.4, 0.5) is 0 Å². The third-order valence-electron chi connectivity index (χ3n) is 0.141. The van der Waals surface area contributed by atoms with E-state index >= 15 is 0 Å². The first kappa shape index (κ1) is 5.48. The van der Waals surface area contributed by atoms with Crippen LogP contribution in [0.15, 0.2) is 0 Å². The molecule has 0 rings (SSSR count). The molecule has 0 atom stereocenters. The van der Waals surface area contributed by atoms with Gasteiger partial charge in [-0.1, -0.05) is 0 Å². The third kappa shape index (κ3) is 3.48. The molecule has 6 heavy (non-hydrogen) atoms. The molecule has 0 amide bonds. The molecule has 0 fully saturated rings. The minimum atomic E-state index is -1.29. The van der Waals surface area contributed by atoms with Gasteiger partial charge >= 0.3 is 34.0 Å². The van der Waals surface area contributed by atoms with E-state index in [1.54, 1.807) is 5.63 Å². The fraction of sp³-hybridized carbons (Fsp3) is 0. The zero-order valence-electron chi connectivity index (χ0n) is 2.71. The van der Waals surface area contributed by atoms with Crippen molar-refractivity contribution in [3.8, 4) is 5.63 Å². The molecular weight excluding hydrogens is 103 g/mol. The van der Waals surface area contributed by atoms with Gasteiger partial charge in [-0.3, -0.25) is 0 Å². The second kappa shape index (κ2) is 2.70. The van der Waals surface area contributed by atoms with Crippen LogP contribution in [0.3, 0.4) is 0 Å². The maximum atomic E-state index is 9.28. The second-order valence-corrected chi connectivity index (χ2v) is 0.914. The minimum absolute atomic E-state index is 0.576. The molecule has 0 heterocycles. The van der Waals surface area contributed by atoms with E-state index in [4.69, 9.17) is 5.11 Å². The predicted molar refractivity (Wildman–Crippen MR) is 19.1 cm³/mol. The van der Waals surface area contributed by atoms with Crippen LogP contribution in [-0.2, 0) is 9.36 Å². The number of hydrogen-bond acceptors (Lipinski definition) is 2. The van der Waals surface area contributed by atoms with Crippen molar-refractivity contribution in [2.75, 3.05) is 0 Å². The van der Waals surface area contributed by atoms with Gasteiger partial charge < -0.3 is 0 Å². The average molecular weight is 104 g/mol. The van der Waals surface area contributed by atoms with Crippen molar-refractivity contribution >= 4 is 13.9 Å². The first-order valence-electron chi connectivity index (χ1n) is 1.08. The van der Waals surface area contributed by atoms with E-state index in [9.17, 15) is 9.36 Å². The Balaban J connectivity index is 3.84. The van der Waals surface area contributed by atoms with Gasteiger partial charge in [0.1, 0.15) is 0 Å². The van der Waals surface area contributed by atoms with Crippen molar-refractivity contribution in [3.63, 3.8) is 0 Å². The van der Waals surface area contributed by atoms with Crippen LogP contribution in [0.1, 0.15) is 0 Å². The number of carbonyl (C=O) groups is 1.